The molecule has 0 spiro atoms. The van der Waals surface area contributed by atoms with Crippen LogP contribution in [0.1, 0.15) is 19.8 Å². The van der Waals surface area contributed by atoms with Crippen LogP contribution in [0.2, 0.25) is 0 Å². The monoisotopic (exact) mass is 200 g/mol. The summed E-state index contributed by atoms with van der Waals surface area (Å²) in [6.45, 7) is 4.44. The molecule has 4 heteroatoms. The summed E-state index contributed by atoms with van der Waals surface area (Å²) in [7, 11) is 1.91. The van der Waals surface area contributed by atoms with Gasteiger partial charge in [-0.1, -0.05) is 6.92 Å². The lowest BCUT2D eigenvalue weighted by Crippen LogP contribution is -2.38. The van der Waals surface area contributed by atoms with Crippen molar-refractivity contribution in [2.45, 2.75) is 25.9 Å². The third-order valence-electron chi connectivity index (χ3n) is 2.55. The Morgan fingerprint density at radius 3 is 2.86 bits per heavy atom. The lowest BCUT2D eigenvalue weighted by molar-refractivity contribution is -0.131. The largest absolute Gasteiger partial charge is 0.368 e. The summed E-state index contributed by atoms with van der Waals surface area (Å²) in [6.07, 6.45) is 1.74. The molecule has 0 saturated carbocycles. The van der Waals surface area contributed by atoms with Gasteiger partial charge < -0.3 is 15.4 Å². The Kier molecular flexibility index (Phi) is 4.90. The first-order valence-corrected chi connectivity index (χ1v) is 5.29. The second kappa shape index (κ2) is 5.98. The molecule has 1 fully saturated rings. The van der Waals surface area contributed by atoms with E-state index in [9.17, 15) is 4.79 Å². The minimum Gasteiger partial charge on any atom is -0.368 e. The van der Waals surface area contributed by atoms with Gasteiger partial charge in [0.1, 0.15) is 6.10 Å². The molecule has 1 aliphatic rings. The SMILES string of the molecule is CNCCCNC(=O)C1OCCC1C. The number of hydrogen-bond acceptors (Lipinski definition) is 3. The molecule has 1 aliphatic heterocycles. The van der Waals surface area contributed by atoms with E-state index >= 15 is 0 Å². The van der Waals surface area contributed by atoms with Gasteiger partial charge in [0.15, 0.2) is 0 Å². The van der Waals surface area contributed by atoms with E-state index in [0.29, 0.717) is 5.92 Å². The van der Waals surface area contributed by atoms with Gasteiger partial charge in [-0.05, 0) is 32.4 Å². The average Bonchev–Trinajstić information content (AvgIpc) is 2.59. The van der Waals surface area contributed by atoms with Crippen molar-refractivity contribution < 1.29 is 9.53 Å². The molecule has 1 amide bonds. The number of nitrogens with one attached hydrogen (secondary N) is 2. The van der Waals surface area contributed by atoms with Crippen LogP contribution in [0.5, 0.6) is 0 Å². The molecule has 82 valence electrons. The molecule has 0 aliphatic carbocycles. The first-order valence-electron chi connectivity index (χ1n) is 5.29. The van der Waals surface area contributed by atoms with Crippen molar-refractivity contribution in [3.63, 3.8) is 0 Å². The van der Waals surface area contributed by atoms with Gasteiger partial charge >= 0.3 is 0 Å². The molecule has 0 radical (unpaired) electrons. The predicted octanol–water partition coefficient (Wildman–Crippen LogP) is 0.137. The number of hydrogen-bond donors (Lipinski definition) is 2. The van der Waals surface area contributed by atoms with Gasteiger partial charge in [0.2, 0.25) is 5.91 Å². The second-order valence-corrected chi connectivity index (χ2v) is 3.81. The van der Waals surface area contributed by atoms with Gasteiger partial charge in [-0.2, -0.15) is 0 Å². The van der Waals surface area contributed by atoms with E-state index in [1.807, 2.05) is 7.05 Å². The second-order valence-electron chi connectivity index (χ2n) is 3.81. The fourth-order valence-electron chi connectivity index (χ4n) is 1.61. The summed E-state index contributed by atoms with van der Waals surface area (Å²) in [5, 5.41) is 5.92. The molecule has 2 N–H and O–H groups in total. The molecular weight excluding hydrogens is 180 g/mol. The maximum absolute atomic E-state index is 11.6. The van der Waals surface area contributed by atoms with Crippen molar-refractivity contribution in [2.24, 2.45) is 5.92 Å². The van der Waals surface area contributed by atoms with Gasteiger partial charge in [0.05, 0.1) is 0 Å². The Bertz CT molecular complexity index is 185. The Balaban J connectivity index is 2.14. The van der Waals surface area contributed by atoms with Gasteiger partial charge in [-0.25, -0.2) is 0 Å². The fraction of sp³-hybridized carbons (Fsp3) is 0.900. The molecule has 14 heavy (non-hydrogen) atoms. The molecule has 0 bridgehead atoms. The van der Waals surface area contributed by atoms with E-state index in [-0.39, 0.29) is 12.0 Å². The normalized spacial score (nSPS) is 26.4. The van der Waals surface area contributed by atoms with Gasteiger partial charge in [-0.15, -0.1) is 0 Å². The number of ether oxygens (including phenoxy) is 1. The molecule has 1 rings (SSSR count). The van der Waals surface area contributed by atoms with Crippen molar-refractivity contribution in [2.75, 3.05) is 26.7 Å². The number of rotatable bonds is 5. The highest BCUT2D eigenvalue weighted by Crippen LogP contribution is 2.19. The van der Waals surface area contributed by atoms with Gasteiger partial charge in [-0.3, -0.25) is 4.79 Å². The molecule has 1 heterocycles. The summed E-state index contributed by atoms with van der Waals surface area (Å²) in [5.41, 5.74) is 0. The Morgan fingerprint density at radius 2 is 2.29 bits per heavy atom. The molecular formula is C10H20N2O2. The van der Waals surface area contributed by atoms with Gasteiger partial charge in [0.25, 0.3) is 0 Å². The molecule has 1 saturated heterocycles. The van der Waals surface area contributed by atoms with Crippen LogP contribution >= 0.6 is 0 Å². The Hall–Kier alpha value is -0.610. The smallest absolute Gasteiger partial charge is 0.249 e. The summed E-state index contributed by atoms with van der Waals surface area (Å²) in [6, 6.07) is 0. The van der Waals surface area contributed by atoms with Crippen molar-refractivity contribution in [1.29, 1.82) is 0 Å². The van der Waals surface area contributed by atoms with Crippen LogP contribution in [0, 0.1) is 5.92 Å². The van der Waals surface area contributed by atoms with E-state index in [0.717, 1.165) is 32.5 Å². The highest BCUT2D eigenvalue weighted by Gasteiger charge is 2.30. The van der Waals surface area contributed by atoms with Crippen LogP contribution in [0.4, 0.5) is 0 Å². The summed E-state index contributed by atoms with van der Waals surface area (Å²) < 4.78 is 5.36. The minimum atomic E-state index is -0.218. The number of carbonyl (C=O) groups excluding carboxylic acids is 1. The van der Waals surface area contributed by atoms with Crippen LogP contribution in [-0.2, 0) is 9.53 Å². The molecule has 2 atom stereocenters. The van der Waals surface area contributed by atoms with E-state index < -0.39 is 0 Å². The van der Waals surface area contributed by atoms with Crippen LogP contribution in [-0.4, -0.2) is 38.8 Å². The summed E-state index contributed by atoms with van der Waals surface area (Å²) >= 11 is 0. The first-order chi connectivity index (χ1) is 6.75. The lowest BCUT2D eigenvalue weighted by Gasteiger charge is -2.14. The van der Waals surface area contributed by atoms with E-state index in [4.69, 9.17) is 4.74 Å². The van der Waals surface area contributed by atoms with Crippen molar-refractivity contribution >= 4 is 5.91 Å². The molecule has 4 nitrogen and oxygen atoms in total. The predicted molar refractivity (Wildman–Crippen MR) is 55.1 cm³/mol. The maximum Gasteiger partial charge on any atom is 0.249 e. The van der Waals surface area contributed by atoms with Crippen LogP contribution in [0.25, 0.3) is 0 Å². The van der Waals surface area contributed by atoms with Crippen LogP contribution < -0.4 is 10.6 Å². The van der Waals surface area contributed by atoms with Gasteiger partial charge in [0, 0.05) is 13.2 Å². The van der Waals surface area contributed by atoms with Crippen molar-refractivity contribution in [3.05, 3.63) is 0 Å². The molecule has 0 aromatic carbocycles. The maximum atomic E-state index is 11.6. The van der Waals surface area contributed by atoms with E-state index in [1.165, 1.54) is 0 Å². The Morgan fingerprint density at radius 1 is 1.50 bits per heavy atom. The third kappa shape index (κ3) is 3.27. The quantitative estimate of drug-likeness (QED) is 0.621. The summed E-state index contributed by atoms with van der Waals surface area (Å²) in [5.74, 6) is 0.408. The molecule has 0 aromatic heterocycles. The van der Waals surface area contributed by atoms with E-state index in [1.54, 1.807) is 0 Å². The number of amides is 1. The lowest BCUT2D eigenvalue weighted by atomic mass is 10.0. The Labute approximate surface area is 85.4 Å². The van der Waals surface area contributed by atoms with Crippen molar-refractivity contribution in [1.82, 2.24) is 10.6 Å². The average molecular weight is 200 g/mol. The zero-order valence-electron chi connectivity index (χ0n) is 9.01. The fourth-order valence-corrected chi connectivity index (χ4v) is 1.61. The van der Waals surface area contributed by atoms with E-state index in [2.05, 4.69) is 17.6 Å². The van der Waals surface area contributed by atoms with Crippen LogP contribution in [0.15, 0.2) is 0 Å². The zero-order chi connectivity index (χ0) is 10.4. The van der Waals surface area contributed by atoms with Crippen molar-refractivity contribution in [3.8, 4) is 0 Å². The highest BCUT2D eigenvalue weighted by atomic mass is 16.5. The number of carbonyl (C=O) groups is 1. The minimum absolute atomic E-state index is 0.0473. The zero-order valence-corrected chi connectivity index (χ0v) is 9.01. The first kappa shape index (κ1) is 11.5. The standard InChI is InChI=1S/C10H20N2O2/c1-8-4-7-14-9(8)10(13)12-6-3-5-11-2/h8-9,11H,3-7H2,1-2H3,(H,12,13). The molecule has 0 aromatic rings. The summed E-state index contributed by atoms with van der Waals surface area (Å²) in [4.78, 5) is 11.6. The van der Waals surface area contributed by atoms with Crippen LogP contribution in [0.3, 0.4) is 0 Å². The molecule has 2 unspecified atom stereocenters. The highest BCUT2D eigenvalue weighted by molar-refractivity contribution is 5.81. The third-order valence-corrected chi connectivity index (χ3v) is 2.55. The topological polar surface area (TPSA) is 50.4 Å².